The second-order valence-electron chi connectivity index (χ2n) is 4.47. The SMILES string of the molecule is CC(=O)Oc1c(C(Br)CCN[SH](=O)=O)oc(-c2ccco2)c1O. The van der Waals surface area contributed by atoms with Crippen molar-refractivity contribution in [2.75, 3.05) is 6.54 Å². The molecule has 10 heteroatoms. The quantitative estimate of drug-likeness (QED) is 0.365. The number of carbonyl (C=O) groups excluding carboxylic acids is 1. The van der Waals surface area contributed by atoms with Gasteiger partial charge in [0.15, 0.2) is 11.5 Å². The number of hydrogen-bond donors (Lipinski definition) is 3. The molecule has 0 aliphatic carbocycles. The molecule has 0 fully saturated rings. The summed E-state index contributed by atoms with van der Waals surface area (Å²) in [6, 6.07) is 3.19. The highest BCUT2D eigenvalue weighted by Crippen LogP contribution is 2.48. The van der Waals surface area contributed by atoms with Crippen molar-refractivity contribution < 1.29 is 31.9 Å². The third-order valence-corrected chi connectivity index (χ3v) is 4.14. The first-order chi connectivity index (χ1) is 10.9. The number of esters is 1. The largest absolute Gasteiger partial charge is 0.501 e. The van der Waals surface area contributed by atoms with Crippen LogP contribution >= 0.6 is 15.9 Å². The summed E-state index contributed by atoms with van der Waals surface area (Å²) >= 11 is 3.32. The summed E-state index contributed by atoms with van der Waals surface area (Å²) < 4.78 is 39.0. The van der Waals surface area contributed by atoms with E-state index >= 15 is 0 Å². The number of halogens is 1. The summed E-state index contributed by atoms with van der Waals surface area (Å²) in [5.74, 6) is -0.674. The van der Waals surface area contributed by atoms with E-state index in [0.717, 1.165) is 0 Å². The zero-order valence-corrected chi connectivity index (χ0v) is 14.4. The Morgan fingerprint density at radius 1 is 1.52 bits per heavy atom. The summed E-state index contributed by atoms with van der Waals surface area (Å²) in [6.07, 6.45) is 1.71. The van der Waals surface area contributed by atoms with Gasteiger partial charge in [-0.15, -0.1) is 0 Å². The van der Waals surface area contributed by atoms with Gasteiger partial charge in [0.2, 0.25) is 28.1 Å². The van der Waals surface area contributed by atoms with E-state index in [4.69, 9.17) is 13.6 Å². The molecule has 0 saturated carbocycles. The Morgan fingerprint density at radius 2 is 2.26 bits per heavy atom. The minimum Gasteiger partial charge on any atom is -0.501 e. The van der Waals surface area contributed by atoms with Crippen molar-refractivity contribution in [2.45, 2.75) is 18.2 Å². The van der Waals surface area contributed by atoms with Crippen molar-refractivity contribution in [3.8, 4) is 23.0 Å². The molecule has 2 aromatic rings. The third kappa shape index (κ3) is 4.36. The van der Waals surface area contributed by atoms with E-state index in [9.17, 15) is 18.3 Å². The van der Waals surface area contributed by atoms with E-state index in [1.54, 1.807) is 12.1 Å². The van der Waals surface area contributed by atoms with Crippen LogP contribution in [0.25, 0.3) is 11.5 Å². The van der Waals surface area contributed by atoms with Crippen molar-refractivity contribution in [3.63, 3.8) is 0 Å². The van der Waals surface area contributed by atoms with E-state index in [2.05, 4.69) is 20.7 Å². The van der Waals surface area contributed by atoms with Crippen LogP contribution in [-0.2, 0) is 15.7 Å². The van der Waals surface area contributed by atoms with Gasteiger partial charge in [-0.2, -0.15) is 0 Å². The lowest BCUT2D eigenvalue weighted by Crippen LogP contribution is -2.14. The van der Waals surface area contributed by atoms with Crippen molar-refractivity contribution in [1.82, 2.24) is 4.72 Å². The van der Waals surface area contributed by atoms with E-state index in [1.807, 2.05) is 0 Å². The number of ether oxygens (including phenoxy) is 1. The van der Waals surface area contributed by atoms with Crippen molar-refractivity contribution >= 4 is 32.8 Å². The van der Waals surface area contributed by atoms with Crippen LogP contribution in [0.2, 0.25) is 0 Å². The molecule has 0 spiro atoms. The number of hydrogen-bond acceptors (Lipinski definition) is 7. The van der Waals surface area contributed by atoms with Crippen LogP contribution in [0.1, 0.15) is 23.9 Å². The molecular formula is C13H14BrNO7S. The zero-order chi connectivity index (χ0) is 17.0. The van der Waals surface area contributed by atoms with Crippen LogP contribution in [0.3, 0.4) is 0 Å². The molecule has 2 aromatic heterocycles. The van der Waals surface area contributed by atoms with E-state index in [1.165, 1.54) is 13.2 Å². The maximum atomic E-state index is 11.2. The molecule has 1 atom stereocenters. The summed E-state index contributed by atoms with van der Waals surface area (Å²) in [7, 11) is -2.70. The zero-order valence-electron chi connectivity index (χ0n) is 11.9. The average molecular weight is 408 g/mol. The first-order valence-electron chi connectivity index (χ1n) is 6.50. The number of nitrogens with one attached hydrogen (secondary N) is 1. The Balaban J connectivity index is 2.32. The molecule has 2 heterocycles. The van der Waals surface area contributed by atoms with E-state index < -0.39 is 21.7 Å². The highest BCUT2D eigenvalue weighted by atomic mass is 79.9. The number of thiol groups is 1. The monoisotopic (exact) mass is 407 g/mol. The average Bonchev–Trinajstić information content (AvgIpc) is 3.07. The summed E-state index contributed by atoms with van der Waals surface area (Å²) in [5.41, 5.74) is 0. The number of alkyl halides is 1. The fourth-order valence-electron chi connectivity index (χ4n) is 1.86. The summed E-state index contributed by atoms with van der Waals surface area (Å²) in [5, 5.41) is 10.2. The first kappa shape index (κ1) is 17.6. The van der Waals surface area contributed by atoms with Gasteiger partial charge in [-0.05, 0) is 18.6 Å². The van der Waals surface area contributed by atoms with Crippen LogP contribution < -0.4 is 9.46 Å². The molecule has 126 valence electrons. The lowest BCUT2D eigenvalue weighted by Gasteiger charge is -2.08. The second kappa shape index (κ2) is 7.66. The molecule has 0 radical (unpaired) electrons. The normalized spacial score (nSPS) is 12.5. The molecule has 0 saturated heterocycles. The Labute approximate surface area is 141 Å². The molecule has 8 nitrogen and oxygen atoms in total. The Hall–Kier alpha value is -1.78. The topological polar surface area (TPSA) is 119 Å². The van der Waals surface area contributed by atoms with Crippen LogP contribution in [0.5, 0.6) is 11.5 Å². The lowest BCUT2D eigenvalue weighted by atomic mass is 10.2. The van der Waals surface area contributed by atoms with Gasteiger partial charge in [0.1, 0.15) is 0 Å². The number of aromatic hydroxyl groups is 1. The number of carbonyl (C=O) groups is 1. The Bertz CT molecular complexity index is 743. The van der Waals surface area contributed by atoms with Gasteiger partial charge in [-0.3, -0.25) is 4.79 Å². The number of furan rings is 2. The third-order valence-electron chi connectivity index (χ3n) is 2.78. The summed E-state index contributed by atoms with van der Waals surface area (Å²) in [6.45, 7) is 1.33. The predicted octanol–water partition coefficient (Wildman–Crippen LogP) is 2.11. The molecule has 0 aromatic carbocycles. The maximum Gasteiger partial charge on any atom is 0.308 e. The van der Waals surface area contributed by atoms with Gasteiger partial charge in [-0.25, -0.2) is 13.1 Å². The van der Waals surface area contributed by atoms with Crippen LogP contribution in [-0.4, -0.2) is 26.0 Å². The van der Waals surface area contributed by atoms with E-state index in [0.29, 0.717) is 6.42 Å². The maximum absolute atomic E-state index is 11.2. The summed E-state index contributed by atoms with van der Waals surface area (Å²) in [4.78, 5) is 10.7. The van der Waals surface area contributed by atoms with Gasteiger partial charge in [0.05, 0.1) is 11.1 Å². The van der Waals surface area contributed by atoms with Crippen molar-refractivity contribution in [1.29, 1.82) is 0 Å². The molecular weight excluding hydrogens is 394 g/mol. The molecule has 0 aliphatic rings. The van der Waals surface area contributed by atoms with Gasteiger partial charge < -0.3 is 18.7 Å². The van der Waals surface area contributed by atoms with Crippen LogP contribution in [0.15, 0.2) is 27.2 Å². The highest BCUT2D eigenvalue weighted by Gasteiger charge is 2.29. The molecule has 0 aliphatic heterocycles. The van der Waals surface area contributed by atoms with E-state index in [-0.39, 0.29) is 35.3 Å². The molecule has 0 amide bonds. The minimum atomic E-state index is -2.70. The van der Waals surface area contributed by atoms with Gasteiger partial charge in [-0.1, -0.05) is 15.9 Å². The molecule has 0 bridgehead atoms. The fourth-order valence-corrected chi connectivity index (χ4v) is 2.70. The highest BCUT2D eigenvalue weighted by molar-refractivity contribution is 9.09. The van der Waals surface area contributed by atoms with Gasteiger partial charge in [0.25, 0.3) is 0 Å². The molecule has 23 heavy (non-hydrogen) atoms. The Morgan fingerprint density at radius 3 is 2.83 bits per heavy atom. The molecule has 2 rings (SSSR count). The number of rotatable bonds is 7. The predicted molar refractivity (Wildman–Crippen MR) is 84.0 cm³/mol. The van der Waals surface area contributed by atoms with Crippen LogP contribution in [0, 0.1) is 0 Å². The van der Waals surface area contributed by atoms with Crippen molar-refractivity contribution in [3.05, 3.63) is 24.2 Å². The second-order valence-corrected chi connectivity index (χ2v) is 6.40. The minimum absolute atomic E-state index is 0.0218. The van der Waals surface area contributed by atoms with Crippen molar-refractivity contribution in [2.24, 2.45) is 0 Å². The van der Waals surface area contributed by atoms with Gasteiger partial charge in [0, 0.05) is 13.5 Å². The first-order valence-corrected chi connectivity index (χ1v) is 8.59. The fraction of sp³-hybridized carbons (Fsp3) is 0.308. The molecule has 2 N–H and O–H groups in total. The lowest BCUT2D eigenvalue weighted by molar-refractivity contribution is -0.132. The molecule has 1 unspecified atom stereocenters. The van der Waals surface area contributed by atoms with Gasteiger partial charge >= 0.3 is 5.97 Å². The Kier molecular flexibility index (Phi) is 5.85. The standard InChI is InChI=1S/C13H14BrNO7S/c1-7(16)21-13-10(17)12(9-3-2-6-20-9)22-11(13)8(14)4-5-15-23(18)19/h2-3,6,8,17,23H,4-5H2,1H3,(H,15,18,19). The van der Waals surface area contributed by atoms with Crippen LogP contribution in [0.4, 0.5) is 0 Å². The smallest absolute Gasteiger partial charge is 0.308 e.